The standard InChI is InChI=1S/C21H18N6OS/c1-13(28)24-16-4-3-5-17(10-16)25-21-19(14-6-8-18(29-2)9-7-14)26-20-15(11-22)12-23-27(20)21/h3-10,12,23,25H,1-2H3,(H,24,28). The second kappa shape index (κ2) is 7.73. The molecule has 1 amide bonds. The molecule has 29 heavy (non-hydrogen) atoms. The fourth-order valence-electron chi connectivity index (χ4n) is 3.08. The van der Waals surface area contributed by atoms with Gasteiger partial charge < -0.3 is 10.6 Å². The Balaban J connectivity index is 1.80. The molecule has 0 atom stereocenters. The third kappa shape index (κ3) is 3.68. The average Bonchev–Trinajstić information content (AvgIpc) is 3.28. The minimum atomic E-state index is -0.133. The number of rotatable bonds is 5. The highest BCUT2D eigenvalue weighted by atomic mass is 32.2. The summed E-state index contributed by atoms with van der Waals surface area (Å²) >= 11 is 1.67. The number of imidazole rings is 1. The van der Waals surface area contributed by atoms with Crippen LogP contribution < -0.4 is 10.6 Å². The number of anilines is 3. The zero-order chi connectivity index (χ0) is 20.4. The van der Waals surface area contributed by atoms with Crippen molar-refractivity contribution in [1.29, 1.82) is 5.26 Å². The number of hydrogen-bond donors (Lipinski definition) is 3. The molecule has 4 aromatic rings. The molecule has 0 radical (unpaired) electrons. The van der Waals surface area contributed by atoms with Gasteiger partial charge in [0.25, 0.3) is 0 Å². The fraction of sp³-hybridized carbons (Fsp3) is 0.0952. The molecule has 0 saturated carbocycles. The van der Waals surface area contributed by atoms with Crippen LogP contribution in [0.25, 0.3) is 16.9 Å². The average molecular weight is 402 g/mol. The molecule has 8 heteroatoms. The maximum Gasteiger partial charge on any atom is 0.221 e. The molecular formula is C21H18N6OS. The summed E-state index contributed by atoms with van der Waals surface area (Å²) in [5.74, 6) is 0.574. The summed E-state index contributed by atoms with van der Waals surface area (Å²) in [6.45, 7) is 1.47. The molecule has 0 aliphatic rings. The van der Waals surface area contributed by atoms with Crippen LogP contribution in [0.3, 0.4) is 0 Å². The number of carbonyl (C=O) groups excluding carboxylic acids is 1. The highest BCUT2D eigenvalue weighted by molar-refractivity contribution is 7.98. The SMILES string of the molecule is CSc1ccc(-c2nc3c(C#N)c[nH]n3c2Nc2cccc(NC(C)=O)c2)cc1. The van der Waals surface area contributed by atoms with Gasteiger partial charge in [-0.2, -0.15) is 5.26 Å². The number of H-pyrrole nitrogens is 1. The van der Waals surface area contributed by atoms with Crippen molar-refractivity contribution < 1.29 is 4.79 Å². The van der Waals surface area contributed by atoms with Crippen molar-refractivity contribution in [2.24, 2.45) is 0 Å². The van der Waals surface area contributed by atoms with Crippen LogP contribution in [0.1, 0.15) is 12.5 Å². The van der Waals surface area contributed by atoms with E-state index < -0.39 is 0 Å². The van der Waals surface area contributed by atoms with E-state index in [1.807, 2.05) is 54.8 Å². The normalized spacial score (nSPS) is 10.7. The first-order chi connectivity index (χ1) is 14.1. The number of nitrogens with zero attached hydrogens (tertiary/aromatic N) is 3. The first-order valence-corrected chi connectivity index (χ1v) is 10.1. The molecule has 2 aromatic carbocycles. The lowest BCUT2D eigenvalue weighted by atomic mass is 10.1. The lowest BCUT2D eigenvalue weighted by Gasteiger charge is -2.10. The summed E-state index contributed by atoms with van der Waals surface area (Å²) in [5, 5.41) is 18.6. The third-order valence-electron chi connectivity index (χ3n) is 4.39. The summed E-state index contributed by atoms with van der Waals surface area (Å²) in [5.41, 5.74) is 4.16. The molecule has 0 bridgehead atoms. The van der Waals surface area contributed by atoms with Gasteiger partial charge in [-0.1, -0.05) is 18.2 Å². The van der Waals surface area contributed by atoms with Crippen molar-refractivity contribution in [3.63, 3.8) is 0 Å². The molecule has 4 rings (SSSR count). The van der Waals surface area contributed by atoms with Gasteiger partial charge in [0, 0.05) is 35.0 Å². The number of thioether (sulfide) groups is 1. The Morgan fingerprint density at radius 2 is 1.97 bits per heavy atom. The van der Waals surface area contributed by atoms with Crippen LogP contribution in [0.2, 0.25) is 0 Å². The third-order valence-corrected chi connectivity index (χ3v) is 5.13. The molecule has 0 spiro atoms. The number of amides is 1. The van der Waals surface area contributed by atoms with Crippen molar-refractivity contribution in [3.05, 3.63) is 60.3 Å². The van der Waals surface area contributed by atoms with Crippen LogP contribution in [-0.2, 0) is 4.79 Å². The van der Waals surface area contributed by atoms with E-state index >= 15 is 0 Å². The van der Waals surface area contributed by atoms with Gasteiger partial charge in [-0.3, -0.25) is 9.89 Å². The monoisotopic (exact) mass is 402 g/mol. The highest BCUT2D eigenvalue weighted by Crippen LogP contribution is 2.33. The van der Waals surface area contributed by atoms with Gasteiger partial charge in [0.15, 0.2) is 11.5 Å². The van der Waals surface area contributed by atoms with Gasteiger partial charge in [0.05, 0.1) is 0 Å². The van der Waals surface area contributed by atoms with E-state index in [0.717, 1.165) is 21.8 Å². The van der Waals surface area contributed by atoms with Gasteiger partial charge in [-0.05, 0) is 36.6 Å². The topological polar surface area (TPSA) is 98.0 Å². The maximum atomic E-state index is 11.4. The van der Waals surface area contributed by atoms with Crippen molar-refractivity contribution in [2.75, 3.05) is 16.9 Å². The molecule has 0 aliphatic heterocycles. The van der Waals surface area contributed by atoms with Crippen LogP contribution in [0, 0.1) is 11.3 Å². The number of nitriles is 1. The lowest BCUT2D eigenvalue weighted by molar-refractivity contribution is -0.114. The van der Waals surface area contributed by atoms with Crippen LogP contribution in [0.5, 0.6) is 0 Å². The molecule has 0 saturated heterocycles. The second-order valence-electron chi connectivity index (χ2n) is 6.38. The van der Waals surface area contributed by atoms with E-state index in [4.69, 9.17) is 4.98 Å². The van der Waals surface area contributed by atoms with Crippen molar-refractivity contribution in [3.8, 4) is 17.3 Å². The van der Waals surface area contributed by atoms with E-state index in [0.29, 0.717) is 22.7 Å². The van der Waals surface area contributed by atoms with Crippen LogP contribution in [0.15, 0.2) is 59.6 Å². The molecular weight excluding hydrogens is 384 g/mol. The lowest BCUT2D eigenvalue weighted by Crippen LogP contribution is -2.06. The Bertz CT molecular complexity index is 1230. The minimum absolute atomic E-state index is 0.133. The quantitative estimate of drug-likeness (QED) is 0.423. The Labute approximate surface area is 171 Å². The van der Waals surface area contributed by atoms with Crippen molar-refractivity contribution in [2.45, 2.75) is 11.8 Å². The second-order valence-corrected chi connectivity index (χ2v) is 7.26. The molecule has 2 aromatic heterocycles. The molecule has 7 nitrogen and oxygen atoms in total. The molecule has 3 N–H and O–H groups in total. The molecule has 0 fully saturated rings. The summed E-state index contributed by atoms with van der Waals surface area (Å²) in [6.07, 6.45) is 3.66. The Kier molecular flexibility index (Phi) is 4.97. The number of hydrogen-bond acceptors (Lipinski definition) is 5. The van der Waals surface area contributed by atoms with Crippen molar-refractivity contribution >= 4 is 40.5 Å². The van der Waals surface area contributed by atoms with Crippen LogP contribution in [0.4, 0.5) is 17.2 Å². The number of carbonyl (C=O) groups is 1. The van der Waals surface area contributed by atoms with E-state index in [9.17, 15) is 10.1 Å². The fourth-order valence-corrected chi connectivity index (χ4v) is 3.49. The van der Waals surface area contributed by atoms with E-state index in [2.05, 4.69) is 21.8 Å². The van der Waals surface area contributed by atoms with Gasteiger partial charge in [0.2, 0.25) is 5.91 Å². The summed E-state index contributed by atoms with van der Waals surface area (Å²) in [7, 11) is 0. The van der Waals surface area contributed by atoms with Crippen LogP contribution >= 0.6 is 11.8 Å². The zero-order valence-corrected chi connectivity index (χ0v) is 16.7. The largest absolute Gasteiger partial charge is 0.338 e. The minimum Gasteiger partial charge on any atom is -0.338 e. The smallest absolute Gasteiger partial charge is 0.221 e. The van der Waals surface area contributed by atoms with E-state index in [-0.39, 0.29) is 5.91 Å². The Morgan fingerprint density at radius 3 is 2.66 bits per heavy atom. The van der Waals surface area contributed by atoms with Crippen LogP contribution in [-0.4, -0.2) is 26.8 Å². The van der Waals surface area contributed by atoms with E-state index in [1.54, 1.807) is 22.5 Å². The van der Waals surface area contributed by atoms with Crippen molar-refractivity contribution in [1.82, 2.24) is 14.6 Å². The highest BCUT2D eigenvalue weighted by Gasteiger charge is 2.18. The Morgan fingerprint density at radius 1 is 1.21 bits per heavy atom. The summed E-state index contributed by atoms with van der Waals surface area (Å²) in [4.78, 5) is 17.2. The summed E-state index contributed by atoms with van der Waals surface area (Å²) < 4.78 is 1.75. The summed E-state index contributed by atoms with van der Waals surface area (Å²) in [6, 6.07) is 17.7. The number of aromatic amines is 1. The molecule has 0 aliphatic carbocycles. The van der Waals surface area contributed by atoms with Gasteiger partial charge in [-0.15, -0.1) is 11.8 Å². The van der Waals surface area contributed by atoms with E-state index in [1.165, 1.54) is 6.92 Å². The predicted octanol–water partition coefficient (Wildman–Crippen LogP) is 4.62. The van der Waals surface area contributed by atoms with Gasteiger partial charge in [-0.25, -0.2) is 9.50 Å². The Hall–Kier alpha value is -3.70. The molecule has 0 unspecified atom stereocenters. The number of aromatic nitrogens is 3. The maximum absolute atomic E-state index is 11.4. The zero-order valence-electron chi connectivity index (χ0n) is 15.9. The number of benzene rings is 2. The first kappa shape index (κ1) is 18.7. The van der Waals surface area contributed by atoms with Gasteiger partial charge in [0.1, 0.15) is 17.3 Å². The number of fused-ring (bicyclic) bond motifs is 1. The molecule has 144 valence electrons. The number of nitrogens with one attached hydrogen (secondary N) is 3. The molecule has 2 heterocycles. The predicted molar refractivity (Wildman–Crippen MR) is 116 cm³/mol. The first-order valence-electron chi connectivity index (χ1n) is 8.88. The van der Waals surface area contributed by atoms with Gasteiger partial charge >= 0.3 is 0 Å².